The monoisotopic (exact) mass is 361 g/mol. The van der Waals surface area contributed by atoms with Crippen molar-refractivity contribution >= 4 is 16.0 Å². The molecule has 0 unspecified atom stereocenters. The van der Waals surface area contributed by atoms with Gasteiger partial charge in [-0.1, -0.05) is 63.2 Å². The second kappa shape index (κ2) is 7.37. The van der Waals surface area contributed by atoms with Gasteiger partial charge in [-0.05, 0) is 28.7 Å². The van der Waals surface area contributed by atoms with Crippen LogP contribution < -0.4 is 4.72 Å². The molecule has 2 aromatic carbocycles. The van der Waals surface area contributed by atoms with Crippen LogP contribution in [0.1, 0.15) is 44.4 Å². The Bertz CT molecular complexity index is 822. The lowest BCUT2D eigenvalue weighted by Gasteiger charge is -2.20. The number of benzene rings is 2. The summed E-state index contributed by atoms with van der Waals surface area (Å²) >= 11 is 0. The summed E-state index contributed by atoms with van der Waals surface area (Å²) < 4.78 is 27.8. The lowest BCUT2D eigenvalue weighted by Crippen LogP contribution is -2.30. The first kappa shape index (κ1) is 19.1. The summed E-state index contributed by atoms with van der Waals surface area (Å²) in [6, 6.07) is 14.5. The van der Waals surface area contributed by atoms with Crippen LogP contribution in [-0.4, -0.2) is 19.5 Å². The molecule has 5 nitrogen and oxygen atoms in total. The number of sulfonamides is 1. The van der Waals surface area contributed by atoms with Crippen LogP contribution in [0.3, 0.4) is 0 Å². The lowest BCUT2D eigenvalue weighted by atomic mass is 9.87. The first-order valence-electron chi connectivity index (χ1n) is 7.99. The van der Waals surface area contributed by atoms with Crippen LogP contribution in [0.2, 0.25) is 0 Å². The van der Waals surface area contributed by atoms with E-state index in [0.29, 0.717) is 5.56 Å². The Kier molecular flexibility index (Phi) is 5.65. The van der Waals surface area contributed by atoms with Gasteiger partial charge in [0.2, 0.25) is 10.0 Å². The molecule has 0 spiro atoms. The van der Waals surface area contributed by atoms with Crippen LogP contribution >= 0.6 is 0 Å². The van der Waals surface area contributed by atoms with Crippen LogP contribution in [0.25, 0.3) is 0 Å². The second-order valence-corrected chi connectivity index (χ2v) is 8.67. The Balaban J connectivity index is 2.29. The van der Waals surface area contributed by atoms with E-state index in [-0.39, 0.29) is 16.7 Å². The Morgan fingerprint density at radius 1 is 1.04 bits per heavy atom. The molecule has 0 fully saturated rings. The number of hydrogen-bond acceptors (Lipinski definition) is 3. The van der Waals surface area contributed by atoms with Gasteiger partial charge in [-0.3, -0.25) is 4.79 Å². The molecule has 2 N–H and O–H groups in total. The molecule has 0 saturated carbocycles. The zero-order valence-electron chi connectivity index (χ0n) is 14.6. The molecule has 0 aromatic heterocycles. The molecular weight excluding hydrogens is 338 g/mol. The molecule has 0 bridgehead atoms. The predicted octanol–water partition coefficient (Wildman–Crippen LogP) is 3.48. The molecule has 2 rings (SSSR count). The highest BCUT2D eigenvalue weighted by Gasteiger charge is 2.24. The average Bonchev–Trinajstić information content (AvgIpc) is 2.54. The first-order valence-corrected chi connectivity index (χ1v) is 9.47. The second-order valence-electron chi connectivity index (χ2n) is 6.96. The van der Waals surface area contributed by atoms with E-state index in [1.165, 1.54) is 0 Å². The largest absolute Gasteiger partial charge is 0.481 e. The van der Waals surface area contributed by atoms with Crippen molar-refractivity contribution in [1.82, 2.24) is 4.72 Å². The van der Waals surface area contributed by atoms with E-state index in [1.807, 2.05) is 20.8 Å². The van der Waals surface area contributed by atoms with Gasteiger partial charge in [0.05, 0.1) is 17.4 Å². The van der Waals surface area contributed by atoms with E-state index in [9.17, 15) is 13.2 Å². The van der Waals surface area contributed by atoms with Gasteiger partial charge in [-0.2, -0.15) is 0 Å². The predicted molar refractivity (Wildman–Crippen MR) is 96.9 cm³/mol. The normalized spacial score (nSPS) is 13.4. The summed E-state index contributed by atoms with van der Waals surface area (Å²) in [6.07, 6.45) is -0.330. The maximum absolute atomic E-state index is 12.7. The molecule has 134 valence electrons. The Hall–Kier alpha value is -2.18. The maximum atomic E-state index is 12.7. The van der Waals surface area contributed by atoms with Gasteiger partial charge in [0, 0.05) is 0 Å². The smallest absolute Gasteiger partial charge is 0.305 e. The number of nitrogens with one attached hydrogen (secondary N) is 1. The van der Waals surface area contributed by atoms with Gasteiger partial charge < -0.3 is 5.11 Å². The van der Waals surface area contributed by atoms with Crippen molar-refractivity contribution in [2.24, 2.45) is 0 Å². The van der Waals surface area contributed by atoms with Gasteiger partial charge in [0.1, 0.15) is 0 Å². The molecule has 0 heterocycles. The molecule has 25 heavy (non-hydrogen) atoms. The Morgan fingerprint density at radius 3 is 2.08 bits per heavy atom. The van der Waals surface area contributed by atoms with Crippen LogP contribution in [0.4, 0.5) is 0 Å². The highest BCUT2D eigenvalue weighted by molar-refractivity contribution is 7.89. The molecule has 0 saturated heterocycles. The molecule has 0 aliphatic heterocycles. The van der Waals surface area contributed by atoms with E-state index in [0.717, 1.165) is 5.56 Å². The zero-order chi connectivity index (χ0) is 18.7. The summed E-state index contributed by atoms with van der Waals surface area (Å²) in [6.45, 7) is 6.15. The van der Waals surface area contributed by atoms with Crippen molar-refractivity contribution < 1.29 is 18.3 Å². The van der Waals surface area contributed by atoms with Crippen molar-refractivity contribution in [1.29, 1.82) is 0 Å². The first-order chi connectivity index (χ1) is 11.6. The van der Waals surface area contributed by atoms with Crippen molar-refractivity contribution in [3.8, 4) is 0 Å². The topological polar surface area (TPSA) is 83.5 Å². The minimum atomic E-state index is -3.83. The Labute approximate surface area is 148 Å². The van der Waals surface area contributed by atoms with Gasteiger partial charge >= 0.3 is 5.97 Å². The minimum absolute atomic E-state index is 0.0778. The van der Waals surface area contributed by atoms with Gasteiger partial charge in [0.25, 0.3) is 0 Å². The highest BCUT2D eigenvalue weighted by atomic mass is 32.2. The van der Waals surface area contributed by atoms with E-state index >= 15 is 0 Å². The van der Waals surface area contributed by atoms with E-state index in [1.54, 1.807) is 54.6 Å². The fourth-order valence-corrected chi connectivity index (χ4v) is 3.70. The highest BCUT2D eigenvalue weighted by Crippen LogP contribution is 2.25. The summed E-state index contributed by atoms with van der Waals surface area (Å²) in [4.78, 5) is 11.2. The van der Waals surface area contributed by atoms with Crippen LogP contribution in [0.15, 0.2) is 59.5 Å². The van der Waals surface area contributed by atoms with Gasteiger partial charge in [0.15, 0.2) is 0 Å². The summed E-state index contributed by atoms with van der Waals surface area (Å²) in [5.41, 5.74) is 1.56. The van der Waals surface area contributed by atoms with Crippen molar-refractivity contribution in [3.63, 3.8) is 0 Å². The number of carboxylic acid groups (broad SMARTS) is 1. The Morgan fingerprint density at radius 2 is 1.60 bits per heavy atom. The standard InChI is InChI=1S/C19H23NO4S/c1-19(2,3)15-9-11-16(12-10-15)25(23,24)20-17(13-18(21)22)14-7-5-4-6-8-14/h4-12,17,20H,13H2,1-3H3,(H,21,22)/t17-/m1/s1. The minimum Gasteiger partial charge on any atom is -0.481 e. The molecule has 0 radical (unpaired) electrons. The van der Waals surface area contributed by atoms with Crippen LogP contribution in [0, 0.1) is 0 Å². The van der Waals surface area contributed by atoms with Crippen LogP contribution in [-0.2, 0) is 20.2 Å². The molecule has 0 aliphatic rings. The zero-order valence-corrected chi connectivity index (χ0v) is 15.4. The van der Waals surface area contributed by atoms with Crippen molar-refractivity contribution in [2.45, 2.75) is 43.5 Å². The molecule has 0 aliphatic carbocycles. The molecule has 2 aromatic rings. The summed E-state index contributed by atoms with van der Waals surface area (Å²) in [5, 5.41) is 9.10. The molecule has 0 amide bonds. The number of hydrogen-bond donors (Lipinski definition) is 2. The maximum Gasteiger partial charge on any atom is 0.305 e. The third-order valence-corrected chi connectivity index (χ3v) is 5.40. The van der Waals surface area contributed by atoms with Crippen molar-refractivity contribution in [2.75, 3.05) is 0 Å². The summed E-state index contributed by atoms with van der Waals surface area (Å²) in [5.74, 6) is -1.07. The average molecular weight is 361 g/mol. The quantitative estimate of drug-likeness (QED) is 0.825. The number of carbonyl (C=O) groups is 1. The van der Waals surface area contributed by atoms with Crippen LogP contribution in [0.5, 0.6) is 0 Å². The summed E-state index contributed by atoms with van der Waals surface area (Å²) in [7, 11) is -3.83. The van der Waals surface area contributed by atoms with Crippen molar-refractivity contribution in [3.05, 3.63) is 65.7 Å². The van der Waals surface area contributed by atoms with E-state index in [2.05, 4.69) is 4.72 Å². The lowest BCUT2D eigenvalue weighted by molar-refractivity contribution is -0.137. The van der Waals surface area contributed by atoms with Gasteiger partial charge in [-0.15, -0.1) is 0 Å². The molecular formula is C19H23NO4S. The van der Waals surface area contributed by atoms with E-state index < -0.39 is 22.0 Å². The fraction of sp³-hybridized carbons (Fsp3) is 0.316. The third kappa shape index (κ3) is 5.14. The fourth-order valence-electron chi connectivity index (χ4n) is 2.48. The van der Waals surface area contributed by atoms with E-state index in [4.69, 9.17) is 5.11 Å². The number of carboxylic acids is 1. The van der Waals surface area contributed by atoms with Gasteiger partial charge in [-0.25, -0.2) is 13.1 Å². The number of aliphatic carboxylic acids is 1. The third-order valence-electron chi connectivity index (χ3n) is 3.91. The molecule has 1 atom stereocenters. The SMILES string of the molecule is CC(C)(C)c1ccc(S(=O)(=O)N[C@H](CC(=O)O)c2ccccc2)cc1. The number of rotatable bonds is 6. The molecule has 6 heteroatoms.